The van der Waals surface area contributed by atoms with E-state index in [1.165, 1.54) is 17.9 Å². The van der Waals surface area contributed by atoms with Crippen molar-refractivity contribution >= 4 is 17.8 Å². The average molecular weight is 360 g/mol. The van der Waals surface area contributed by atoms with E-state index < -0.39 is 5.97 Å². The van der Waals surface area contributed by atoms with E-state index in [1.54, 1.807) is 18.1 Å². The number of esters is 1. The third-order valence-corrected chi connectivity index (χ3v) is 4.66. The van der Waals surface area contributed by atoms with Gasteiger partial charge in [0.05, 0.1) is 13.2 Å². The Morgan fingerprint density at radius 2 is 2.19 bits per heavy atom. The fourth-order valence-corrected chi connectivity index (χ4v) is 3.33. The molecule has 26 heavy (non-hydrogen) atoms. The van der Waals surface area contributed by atoms with Crippen molar-refractivity contribution in [2.45, 2.75) is 38.8 Å². The first-order valence-corrected chi connectivity index (χ1v) is 8.76. The molecule has 1 aliphatic heterocycles. The standard InChI is InChI=1S/C17H24N6O3/c1-4-22-10-8-18-15(22)12-7-5-6-9-23(12)17(25)19-14-11-13(16(24)26-3)21(2)20-14/h8,10-12H,4-7,9H2,1-3H3,(H,19,20,25). The number of carbonyl (C=O) groups is 2. The molecular formula is C17H24N6O3. The molecule has 1 unspecified atom stereocenters. The highest BCUT2D eigenvalue weighted by molar-refractivity contribution is 5.92. The van der Waals surface area contributed by atoms with Gasteiger partial charge in [0.25, 0.3) is 0 Å². The highest BCUT2D eigenvalue weighted by Crippen LogP contribution is 2.30. The zero-order valence-corrected chi connectivity index (χ0v) is 15.3. The van der Waals surface area contributed by atoms with Crippen LogP contribution in [0.25, 0.3) is 0 Å². The van der Waals surface area contributed by atoms with E-state index in [2.05, 4.69) is 26.9 Å². The number of aryl methyl sites for hydroxylation is 2. The molecule has 1 fully saturated rings. The van der Waals surface area contributed by atoms with Gasteiger partial charge in [0, 0.05) is 38.6 Å². The summed E-state index contributed by atoms with van der Waals surface area (Å²) in [5.74, 6) is 0.723. The number of hydrogen-bond donors (Lipinski definition) is 1. The van der Waals surface area contributed by atoms with Crippen molar-refractivity contribution in [1.82, 2.24) is 24.2 Å². The zero-order valence-electron chi connectivity index (χ0n) is 15.3. The minimum Gasteiger partial charge on any atom is -0.464 e. The van der Waals surface area contributed by atoms with E-state index in [-0.39, 0.29) is 17.8 Å². The van der Waals surface area contributed by atoms with Gasteiger partial charge in [-0.1, -0.05) is 0 Å². The monoisotopic (exact) mass is 360 g/mol. The Morgan fingerprint density at radius 3 is 2.92 bits per heavy atom. The summed E-state index contributed by atoms with van der Waals surface area (Å²) in [7, 11) is 2.94. The van der Waals surface area contributed by atoms with Crippen LogP contribution in [0.1, 0.15) is 48.5 Å². The molecule has 0 saturated carbocycles. The Kier molecular flexibility index (Phi) is 5.24. The number of imidazole rings is 1. The number of amides is 2. The van der Waals surface area contributed by atoms with Crippen LogP contribution in [0.4, 0.5) is 10.6 Å². The van der Waals surface area contributed by atoms with Crippen molar-refractivity contribution in [3.63, 3.8) is 0 Å². The molecule has 2 aromatic heterocycles. The highest BCUT2D eigenvalue weighted by atomic mass is 16.5. The molecule has 0 radical (unpaired) electrons. The van der Waals surface area contributed by atoms with Crippen LogP contribution in [-0.2, 0) is 18.3 Å². The van der Waals surface area contributed by atoms with Crippen LogP contribution >= 0.6 is 0 Å². The van der Waals surface area contributed by atoms with E-state index in [9.17, 15) is 9.59 Å². The van der Waals surface area contributed by atoms with Gasteiger partial charge in [-0.15, -0.1) is 0 Å². The number of nitrogens with one attached hydrogen (secondary N) is 1. The third kappa shape index (κ3) is 3.42. The summed E-state index contributed by atoms with van der Waals surface area (Å²) < 4.78 is 8.16. The molecule has 3 rings (SSSR count). The maximum atomic E-state index is 12.8. The number of ether oxygens (including phenoxy) is 1. The molecule has 1 N–H and O–H groups in total. The molecule has 0 bridgehead atoms. The van der Waals surface area contributed by atoms with Crippen molar-refractivity contribution in [2.24, 2.45) is 7.05 Å². The molecule has 9 nitrogen and oxygen atoms in total. The average Bonchev–Trinajstić information content (AvgIpc) is 3.27. The lowest BCUT2D eigenvalue weighted by atomic mass is 10.0. The number of carbonyl (C=O) groups excluding carboxylic acids is 2. The lowest BCUT2D eigenvalue weighted by molar-refractivity contribution is 0.0588. The van der Waals surface area contributed by atoms with Crippen LogP contribution in [0.15, 0.2) is 18.5 Å². The Morgan fingerprint density at radius 1 is 1.38 bits per heavy atom. The van der Waals surface area contributed by atoms with Gasteiger partial charge in [-0.05, 0) is 26.2 Å². The number of aromatic nitrogens is 4. The third-order valence-electron chi connectivity index (χ3n) is 4.66. The van der Waals surface area contributed by atoms with E-state index in [4.69, 9.17) is 4.74 Å². The molecule has 0 spiro atoms. The first-order valence-electron chi connectivity index (χ1n) is 8.76. The second-order valence-electron chi connectivity index (χ2n) is 6.24. The SMILES string of the molecule is CCn1ccnc1C1CCCCN1C(=O)Nc1cc(C(=O)OC)n(C)n1. The number of rotatable bonds is 4. The predicted molar refractivity (Wildman–Crippen MR) is 94.8 cm³/mol. The number of anilines is 1. The molecule has 2 amide bonds. The van der Waals surface area contributed by atoms with Crippen LogP contribution in [0.2, 0.25) is 0 Å². The topological polar surface area (TPSA) is 94.3 Å². The van der Waals surface area contributed by atoms with Gasteiger partial charge in [-0.3, -0.25) is 10.00 Å². The molecule has 1 atom stereocenters. The van der Waals surface area contributed by atoms with E-state index in [1.807, 2.05) is 6.20 Å². The maximum Gasteiger partial charge on any atom is 0.356 e. The lowest BCUT2D eigenvalue weighted by Gasteiger charge is -2.35. The van der Waals surface area contributed by atoms with Gasteiger partial charge in [-0.25, -0.2) is 14.6 Å². The number of methoxy groups -OCH3 is 1. The molecule has 1 aliphatic rings. The molecule has 0 aromatic carbocycles. The fraction of sp³-hybridized carbons (Fsp3) is 0.529. The van der Waals surface area contributed by atoms with E-state index in [0.29, 0.717) is 12.4 Å². The van der Waals surface area contributed by atoms with Crippen molar-refractivity contribution in [1.29, 1.82) is 0 Å². The summed E-state index contributed by atoms with van der Waals surface area (Å²) in [4.78, 5) is 30.8. The normalized spacial score (nSPS) is 17.2. The zero-order chi connectivity index (χ0) is 18.7. The second-order valence-corrected chi connectivity index (χ2v) is 6.24. The van der Waals surface area contributed by atoms with Crippen LogP contribution in [0.5, 0.6) is 0 Å². The Bertz CT molecular complexity index is 796. The molecule has 140 valence electrons. The van der Waals surface area contributed by atoms with Gasteiger partial charge < -0.3 is 14.2 Å². The first kappa shape index (κ1) is 18.0. The molecule has 2 aromatic rings. The summed E-state index contributed by atoms with van der Waals surface area (Å²) in [5, 5.41) is 6.96. The van der Waals surface area contributed by atoms with Crippen molar-refractivity contribution in [3.8, 4) is 0 Å². The Balaban J connectivity index is 1.78. The summed E-state index contributed by atoms with van der Waals surface area (Å²) in [5.41, 5.74) is 0.277. The molecule has 3 heterocycles. The number of hydrogen-bond acceptors (Lipinski definition) is 5. The number of piperidine rings is 1. The summed E-state index contributed by atoms with van der Waals surface area (Å²) in [6.07, 6.45) is 6.58. The van der Waals surface area contributed by atoms with Crippen LogP contribution < -0.4 is 5.32 Å². The van der Waals surface area contributed by atoms with Crippen LogP contribution in [0.3, 0.4) is 0 Å². The van der Waals surface area contributed by atoms with E-state index in [0.717, 1.165) is 31.6 Å². The van der Waals surface area contributed by atoms with E-state index >= 15 is 0 Å². The summed E-state index contributed by atoms with van der Waals surface area (Å²) in [6, 6.07) is 1.20. The quantitative estimate of drug-likeness (QED) is 0.844. The molecular weight excluding hydrogens is 336 g/mol. The fourth-order valence-electron chi connectivity index (χ4n) is 3.33. The smallest absolute Gasteiger partial charge is 0.356 e. The van der Waals surface area contributed by atoms with Gasteiger partial charge in [0.2, 0.25) is 0 Å². The number of nitrogens with zero attached hydrogens (tertiary/aromatic N) is 5. The number of likely N-dealkylation sites (tertiary alicyclic amines) is 1. The first-order chi connectivity index (χ1) is 12.5. The van der Waals surface area contributed by atoms with Crippen molar-refractivity contribution < 1.29 is 14.3 Å². The second kappa shape index (κ2) is 7.59. The van der Waals surface area contributed by atoms with Crippen molar-refractivity contribution in [3.05, 3.63) is 30.0 Å². The molecule has 0 aliphatic carbocycles. The molecule has 9 heteroatoms. The largest absolute Gasteiger partial charge is 0.464 e. The van der Waals surface area contributed by atoms with Gasteiger partial charge in [0.1, 0.15) is 11.5 Å². The summed E-state index contributed by atoms with van der Waals surface area (Å²) in [6.45, 7) is 3.52. The van der Waals surface area contributed by atoms with Crippen molar-refractivity contribution in [2.75, 3.05) is 19.0 Å². The van der Waals surface area contributed by atoms with Gasteiger partial charge >= 0.3 is 12.0 Å². The van der Waals surface area contributed by atoms with Gasteiger partial charge in [-0.2, -0.15) is 5.10 Å². The minimum atomic E-state index is -0.499. The predicted octanol–water partition coefficient (Wildman–Crippen LogP) is 2.18. The van der Waals surface area contributed by atoms with Crippen LogP contribution in [0, 0.1) is 0 Å². The number of urea groups is 1. The minimum absolute atomic E-state index is 0.0671. The Hall–Kier alpha value is -2.84. The summed E-state index contributed by atoms with van der Waals surface area (Å²) >= 11 is 0. The lowest BCUT2D eigenvalue weighted by Crippen LogP contribution is -2.42. The van der Waals surface area contributed by atoms with Gasteiger partial charge in [0.15, 0.2) is 5.82 Å². The van der Waals surface area contributed by atoms with Crippen LogP contribution in [-0.4, -0.2) is 49.9 Å². The maximum absolute atomic E-state index is 12.8. The Labute approximate surface area is 151 Å². The highest BCUT2D eigenvalue weighted by Gasteiger charge is 2.31. The molecule has 1 saturated heterocycles.